The van der Waals surface area contributed by atoms with E-state index in [1.807, 2.05) is 0 Å². The maximum atomic E-state index is 12.5. The summed E-state index contributed by atoms with van der Waals surface area (Å²) in [5.41, 5.74) is 3.53. The highest BCUT2D eigenvalue weighted by Crippen LogP contribution is 2.27. The average molecular weight is 356 g/mol. The van der Waals surface area contributed by atoms with Crippen LogP contribution in [0.3, 0.4) is 0 Å². The van der Waals surface area contributed by atoms with Crippen molar-refractivity contribution in [2.45, 2.75) is 37.8 Å². The van der Waals surface area contributed by atoms with E-state index in [4.69, 9.17) is 11.6 Å². The van der Waals surface area contributed by atoms with Crippen LogP contribution in [0.2, 0.25) is 5.15 Å². The molecule has 1 saturated heterocycles. The van der Waals surface area contributed by atoms with Crippen LogP contribution in [0.4, 0.5) is 0 Å². The molecule has 0 bridgehead atoms. The van der Waals surface area contributed by atoms with E-state index in [1.165, 1.54) is 11.1 Å². The number of hydrogen-bond donors (Lipinski definition) is 1. The quantitative estimate of drug-likeness (QED) is 0.860. The minimum atomic E-state index is -0.0640. The lowest BCUT2D eigenvalue weighted by atomic mass is 10.0. The molecule has 2 heterocycles. The Morgan fingerprint density at radius 1 is 1.20 bits per heavy atom. The van der Waals surface area contributed by atoms with Gasteiger partial charge < -0.3 is 5.32 Å². The predicted octanol–water partition coefficient (Wildman–Crippen LogP) is 3.10. The van der Waals surface area contributed by atoms with Crippen molar-refractivity contribution < 1.29 is 4.79 Å². The number of benzene rings is 1. The molecule has 1 amide bonds. The monoisotopic (exact) mass is 355 g/mol. The Labute approximate surface area is 153 Å². The summed E-state index contributed by atoms with van der Waals surface area (Å²) in [6.45, 7) is 2.04. The zero-order valence-electron chi connectivity index (χ0n) is 14.1. The zero-order valence-corrected chi connectivity index (χ0v) is 14.9. The van der Waals surface area contributed by atoms with Crippen LogP contribution >= 0.6 is 11.6 Å². The molecule has 2 aliphatic rings. The molecular weight excluding hydrogens is 334 g/mol. The third kappa shape index (κ3) is 3.70. The van der Waals surface area contributed by atoms with Crippen molar-refractivity contribution in [2.24, 2.45) is 0 Å². The number of carbonyl (C=O) groups is 1. The fourth-order valence-electron chi connectivity index (χ4n) is 4.06. The first-order valence-corrected chi connectivity index (χ1v) is 9.30. The summed E-state index contributed by atoms with van der Waals surface area (Å²) in [7, 11) is 0. The lowest BCUT2D eigenvalue weighted by molar-refractivity contribution is 0.0876. The lowest BCUT2D eigenvalue weighted by Crippen LogP contribution is -2.51. The number of fused-ring (bicyclic) bond motifs is 1. The number of nitrogens with zero attached hydrogens (tertiary/aromatic N) is 2. The molecule has 1 fully saturated rings. The Hall–Kier alpha value is -1.91. The maximum absolute atomic E-state index is 12.5. The highest BCUT2D eigenvalue weighted by atomic mass is 35.5. The number of halogens is 1. The van der Waals surface area contributed by atoms with Gasteiger partial charge in [0.2, 0.25) is 0 Å². The first-order valence-electron chi connectivity index (χ1n) is 8.92. The molecule has 0 spiro atoms. The largest absolute Gasteiger partial charge is 0.348 e. The van der Waals surface area contributed by atoms with E-state index >= 15 is 0 Å². The summed E-state index contributed by atoms with van der Waals surface area (Å²) in [5.74, 6) is -0.0640. The third-order valence-electron chi connectivity index (χ3n) is 5.32. The van der Waals surface area contributed by atoms with E-state index in [-0.39, 0.29) is 11.9 Å². The number of amides is 1. The van der Waals surface area contributed by atoms with Crippen molar-refractivity contribution in [1.29, 1.82) is 0 Å². The zero-order chi connectivity index (χ0) is 17.2. The van der Waals surface area contributed by atoms with Gasteiger partial charge in [0.15, 0.2) is 0 Å². The fourth-order valence-corrected chi connectivity index (χ4v) is 4.24. The molecule has 1 aliphatic heterocycles. The summed E-state index contributed by atoms with van der Waals surface area (Å²) >= 11 is 5.89. The molecule has 1 atom stereocenters. The van der Waals surface area contributed by atoms with Gasteiger partial charge in [-0.3, -0.25) is 9.69 Å². The first-order chi connectivity index (χ1) is 12.2. The van der Waals surface area contributed by atoms with Crippen LogP contribution in [-0.2, 0) is 12.8 Å². The van der Waals surface area contributed by atoms with Crippen molar-refractivity contribution in [3.63, 3.8) is 0 Å². The van der Waals surface area contributed by atoms with Gasteiger partial charge in [0, 0.05) is 30.4 Å². The van der Waals surface area contributed by atoms with Crippen molar-refractivity contribution >= 4 is 17.5 Å². The normalized spacial score (nSPS) is 21.1. The molecule has 2 aromatic rings. The Balaban J connectivity index is 1.38. The first kappa shape index (κ1) is 16.6. The summed E-state index contributed by atoms with van der Waals surface area (Å²) in [5, 5.41) is 3.52. The molecule has 1 aliphatic carbocycles. The summed E-state index contributed by atoms with van der Waals surface area (Å²) in [4.78, 5) is 18.9. The van der Waals surface area contributed by atoms with E-state index < -0.39 is 0 Å². The number of hydrogen-bond acceptors (Lipinski definition) is 3. The smallest absolute Gasteiger partial charge is 0.251 e. The van der Waals surface area contributed by atoms with Crippen LogP contribution in [0.1, 0.15) is 34.3 Å². The van der Waals surface area contributed by atoms with Crippen LogP contribution in [0.5, 0.6) is 0 Å². The summed E-state index contributed by atoms with van der Waals surface area (Å²) in [6.07, 6.45) is 5.96. The standard InChI is InChI=1S/C20H22ClN3O/c21-19-12-16(7-8-22-19)20(25)23-17-6-3-9-24(13-17)18-10-14-4-1-2-5-15(14)11-18/h1-2,4-5,7-8,12,17-18H,3,6,9-11,13H2,(H,23,25)/t17-/m0/s1. The van der Waals surface area contributed by atoms with Crippen LogP contribution in [0, 0.1) is 0 Å². The molecule has 1 aromatic carbocycles. The molecule has 0 unspecified atom stereocenters. The highest BCUT2D eigenvalue weighted by Gasteiger charge is 2.30. The van der Waals surface area contributed by atoms with Gasteiger partial charge in [-0.1, -0.05) is 35.9 Å². The highest BCUT2D eigenvalue weighted by molar-refractivity contribution is 6.29. The number of rotatable bonds is 3. The Bertz CT molecular complexity index is 754. The Morgan fingerprint density at radius 2 is 1.96 bits per heavy atom. The summed E-state index contributed by atoms with van der Waals surface area (Å²) < 4.78 is 0. The molecule has 4 rings (SSSR count). The second-order valence-corrected chi connectivity index (χ2v) is 7.39. The number of likely N-dealkylation sites (tertiary alicyclic amines) is 1. The van der Waals surface area contributed by atoms with Crippen LogP contribution in [0.15, 0.2) is 42.6 Å². The minimum Gasteiger partial charge on any atom is -0.348 e. The minimum absolute atomic E-state index is 0.0640. The number of pyridine rings is 1. The van der Waals surface area contributed by atoms with Gasteiger partial charge in [-0.25, -0.2) is 4.98 Å². The van der Waals surface area contributed by atoms with E-state index in [9.17, 15) is 4.79 Å². The Kier molecular flexibility index (Phi) is 4.73. The van der Waals surface area contributed by atoms with Crippen LogP contribution in [-0.4, -0.2) is 41.0 Å². The van der Waals surface area contributed by atoms with Crippen molar-refractivity contribution in [3.05, 3.63) is 64.4 Å². The number of carbonyl (C=O) groups excluding carboxylic acids is 1. The fraction of sp³-hybridized carbons (Fsp3) is 0.400. The van der Waals surface area contributed by atoms with E-state index in [1.54, 1.807) is 18.3 Å². The maximum Gasteiger partial charge on any atom is 0.251 e. The van der Waals surface area contributed by atoms with Gasteiger partial charge >= 0.3 is 0 Å². The molecule has 0 saturated carbocycles. The van der Waals surface area contributed by atoms with Crippen molar-refractivity contribution in [3.8, 4) is 0 Å². The lowest BCUT2D eigenvalue weighted by Gasteiger charge is -2.37. The van der Waals surface area contributed by atoms with Crippen molar-refractivity contribution in [2.75, 3.05) is 13.1 Å². The van der Waals surface area contributed by atoms with Crippen LogP contribution in [0.25, 0.3) is 0 Å². The molecule has 25 heavy (non-hydrogen) atoms. The van der Waals surface area contributed by atoms with Gasteiger partial charge in [0.25, 0.3) is 5.91 Å². The average Bonchev–Trinajstić information content (AvgIpc) is 3.06. The second-order valence-electron chi connectivity index (χ2n) is 7.01. The van der Waals surface area contributed by atoms with Crippen molar-refractivity contribution in [1.82, 2.24) is 15.2 Å². The topological polar surface area (TPSA) is 45.2 Å². The molecule has 4 nitrogen and oxygen atoms in total. The van der Waals surface area contributed by atoms with E-state index in [2.05, 4.69) is 39.5 Å². The SMILES string of the molecule is O=C(N[C@H]1CCCN(C2Cc3ccccc3C2)C1)c1ccnc(Cl)c1. The molecular formula is C20H22ClN3O. The van der Waals surface area contributed by atoms with Gasteiger partial charge in [0.1, 0.15) is 5.15 Å². The van der Waals surface area contributed by atoms with E-state index in [0.29, 0.717) is 16.8 Å². The van der Waals surface area contributed by atoms with Crippen LogP contribution < -0.4 is 5.32 Å². The van der Waals surface area contributed by atoms with Gasteiger partial charge in [-0.15, -0.1) is 0 Å². The molecule has 1 N–H and O–H groups in total. The molecule has 1 aromatic heterocycles. The van der Waals surface area contributed by atoms with Gasteiger partial charge in [-0.2, -0.15) is 0 Å². The molecule has 130 valence electrons. The summed E-state index contributed by atoms with van der Waals surface area (Å²) in [6, 6.07) is 12.8. The predicted molar refractivity (Wildman–Crippen MR) is 98.9 cm³/mol. The van der Waals surface area contributed by atoms with Gasteiger partial charge in [0.05, 0.1) is 0 Å². The van der Waals surface area contributed by atoms with Gasteiger partial charge in [-0.05, 0) is 55.5 Å². The number of nitrogens with one attached hydrogen (secondary N) is 1. The number of piperidine rings is 1. The Morgan fingerprint density at radius 3 is 2.68 bits per heavy atom. The second kappa shape index (κ2) is 7.14. The molecule has 5 heteroatoms. The molecule has 0 radical (unpaired) electrons. The van der Waals surface area contributed by atoms with E-state index in [0.717, 1.165) is 38.8 Å². The third-order valence-corrected chi connectivity index (χ3v) is 5.53. The number of aromatic nitrogens is 1.